The molecule has 73 valence electrons. The summed E-state index contributed by atoms with van der Waals surface area (Å²) in [5.74, 6) is 0.885. The molecule has 0 heterocycles. The first-order valence-corrected chi connectivity index (χ1v) is 5.06. The van der Waals surface area contributed by atoms with Crippen molar-refractivity contribution in [1.29, 1.82) is 0 Å². The number of rotatable bonds is 7. The molecule has 0 saturated carbocycles. The second-order valence-corrected chi connectivity index (χ2v) is 3.66. The predicted octanol–water partition coefficient (Wildman–Crippen LogP) is 3.44. The van der Waals surface area contributed by atoms with E-state index < -0.39 is 0 Å². The highest BCUT2D eigenvalue weighted by molar-refractivity contribution is 4.59. The average molecular weight is 171 g/mol. The summed E-state index contributed by atoms with van der Waals surface area (Å²) in [4.78, 5) is 0. The van der Waals surface area contributed by atoms with Crippen molar-refractivity contribution >= 4 is 0 Å². The summed E-state index contributed by atoms with van der Waals surface area (Å²) in [7, 11) is 1.73. The molecule has 0 amide bonds. The van der Waals surface area contributed by atoms with Gasteiger partial charge in [-0.15, -0.1) is 0 Å². The summed E-state index contributed by atoms with van der Waals surface area (Å²) in [6.45, 7) is 8.44. The fourth-order valence-electron chi connectivity index (χ4n) is 1.19. The van der Waals surface area contributed by atoms with E-state index in [4.69, 9.17) is 4.74 Å². The Balaban J connectivity index is 3.10. The first-order valence-electron chi connectivity index (χ1n) is 5.06. The van der Waals surface area contributed by atoms with E-state index in [1.54, 1.807) is 7.11 Å². The second-order valence-electron chi connectivity index (χ2n) is 3.66. The minimum atomic E-state index is 0.196. The van der Waals surface area contributed by atoms with E-state index in [0.29, 0.717) is 0 Å². The Labute approximate surface area is 77.5 Å². The molecule has 2 atom stereocenters. The molecule has 0 aliphatic carbocycles. The van der Waals surface area contributed by atoms with E-state index in [1.165, 1.54) is 25.7 Å². The van der Waals surface area contributed by atoms with Crippen LogP contribution in [-0.2, 0) is 4.74 Å². The Hall–Kier alpha value is -0.0400. The van der Waals surface area contributed by atoms with Gasteiger partial charge in [0, 0.05) is 7.11 Å². The topological polar surface area (TPSA) is 9.23 Å². The molecular formula is C11H23O. The lowest BCUT2D eigenvalue weighted by Crippen LogP contribution is -2.04. The molecule has 1 radical (unpaired) electrons. The third-order valence-corrected chi connectivity index (χ3v) is 2.50. The Bertz CT molecular complexity index is 79.0. The lowest BCUT2D eigenvalue weighted by molar-refractivity contribution is 0.128. The molecule has 0 bridgehead atoms. The molecule has 0 spiro atoms. The number of unbranched alkanes of at least 4 members (excludes halogenated alkanes) is 1. The Kier molecular flexibility index (Phi) is 7.58. The highest BCUT2D eigenvalue weighted by atomic mass is 16.5. The van der Waals surface area contributed by atoms with Gasteiger partial charge in [-0.3, -0.25) is 0 Å². The van der Waals surface area contributed by atoms with Crippen LogP contribution in [-0.4, -0.2) is 13.2 Å². The Morgan fingerprint density at radius 1 is 1.25 bits per heavy atom. The van der Waals surface area contributed by atoms with Gasteiger partial charge in [-0.1, -0.05) is 39.5 Å². The largest absolute Gasteiger partial charge is 0.381 e. The maximum Gasteiger partial charge on any atom is 0.0572 e. The summed E-state index contributed by atoms with van der Waals surface area (Å²) in [6, 6.07) is 0. The fraction of sp³-hybridized carbons (Fsp3) is 0.909. The van der Waals surface area contributed by atoms with Crippen molar-refractivity contribution in [2.24, 2.45) is 5.92 Å². The fourth-order valence-corrected chi connectivity index (χ4v) is 1.19. The molecule has 0 aromatic heterocycles. The molecular weight excluding hydrogens is 148 g/mol. The van der Waals surface area contributed by atoms with Crippen molar-refractivity contribution < 1.29 is 4.74 Å². The van der Waals surface area contributed by atoms with Crippen LogP contribution in [0.25, 0.3) is 0 Å². The quantitative estimate of drug-likeness (QED) is 0.533. The van der Waals surface area contributed by atoms with Crippen molar-refractivity contribution in [2.45, 2.75) is 52.1 Å². The number of methoxy groups -OCH3 is 1. The summed E-state index contributed by atoms with van der Waals surface area (Å²) < 4.78 is 5.07. The van der Waals surface area contributed by atoms with E-state index in [1.807, 2.05) is 0 Å². The molecule has 0 saturated heterocycles. The molecule has 0 N–H and O–H groups in total. The SMILES string of the molecule is [CH2]C(CCCCC(C)CC)OC. The molecule has 0 aliphatic rings. The van der Waals surface area contributed by atoms with E-state index in [9.17, 15) is 0 Å². The highest BCUT2D eigenvalue weighted by Gasteiger charge is 2.01. The third-order valence-electron chi connectivity index (χ3n) is 2.50. The molecule has 2 unspecified atom stereocenters. The highest BCUT2D eigenvalue weighted by Crippen LogP contribution is 2.13. The molecule has 1 nitrogen and oxygen atoms in total. The molecule has 0 aromatic carbocycles. The van der Waals surface area contributed by atoms with E-state index >= 15 is 0 Å². The molecule has 1 heteroatoms. The Morgan fingerprint density at radius 3 is 2.33 bits per heavy atom. The van der Waals surface area contributed by atoms with E-state index in [-0.39, 0.29) is 6.10 Å². The van der Waals surface area contributed by atoms with Gasteiger partial charge < -0.3 is 4.74 Å². The van der Waals surface area contributed by atoms with Crippen molar-refractivity contribution in [3.05, 3.63) is 6.92 Å². The minimum absolute atomic E-state index is 0.196. The molecule has 0 rings (SSSR count). The van der Waals surface area contributed by atoms with Gasteiger partial charge in [-0.2, -0.15) is 0 Å². The van der Waals surface area contributed by atoms with Crippen LogP contribution in [0.15, 0.2) is 0 Å². The van der Waals surface area contributed by atoms with Crippen molar-refractivity contribution in [1.82, 2.24) is 0 Å². The average Bonchev–Trinajstić information content (AvgIpc) is 2.11. The summed E-state index contributed by atoms with van der Waals surface area (Å²) in [5.41, 5.74) is 0. The smallest absolute Gasteiger partial charge is 0.0572 e. The monoisotopic (exact) mass is 171 g/mol. The molecule has 12 heavy (non-hydrogen) atoms. The summed E-state index contributed by atoms with van der Waals surface area (Å²) in [5, 5.41) is 0. The zero-order valence-electron chi connectivity index (χ0n) is 8.81. The van der Waals surface area contributed by atoms with Crippen LogP contribution in [0.4, 0.5) is 0 Å². The lowest BCUT2D eigenvalue weighted by Gasteiger charge is -2.10. The van der Waals surface area contributed by atoms with Gasteiger partial charge in [0.2, 0.25) is 0 Å². The van der Waals surface area contributed by atoms with Crippen LogP contribution in [0.2, 0.25) is 0 Å². The normalized spacial score (nSPS) is 16.0. The standard InChI is InChI=1S/C11H23O/c1-5-10(2)8-6-7-9-11(3)12-4/h10-11H,3,5-9H2,1-2,4H3. The Morgan fingerprint density at radius 2 is 1.83 bits per heavy atom. The maximum atomic E-state index is 5.07. The third kappa shape index (κ3) is 6.66. The van der Waals surface area contributed by atoms with E-state index in [0.717, 1.165) is 12.3 Å². The molecule has 0 aliphatic heterocycles. The maximum absolute atomic E-state index is 5.07. The second kappa shape index (κ2) is 7.60. The first kappa shape index (κ1) is 12.0. The summed E-state index contributed by atoms with van der Waals surface area (Å²) >= 11 is 0. The zero-order valence-corrected chi connectivity index (χ0v) is 8.81. The van der Waals surface area contributed by atoms with Crippen LogP contribution in [0.1, 0.15) is 46.0 Å². The van der Waals surface area contributed by atoms with Gasteiger partial charge in [-0.25, -0.2) is 0 Å². The number of ether oxygens (including phenoxy) is 1. The lowest BCUT2D eigenvalue weighted by atomic mass is 10.0. The van der Waals surface area contributed by atoms with Gasteiger partial charge >= 0.3 is 0 Å². The van der Waals surface area contributed by atoms with Gasteiger partial charge in [0.25, 0.3) is 0 Å². The van der Waals surface area contributed by atoms with Crippen LogP contribution in [0.3, 0.4) is 0 Å². The van der Waals surface area contributed by atoms with Crippen LogP contribution in [0.5, 0.6) is 0 Å². The minimum Gasteiger partial charge on any atom is -0.381 e. The summed E-state index contributed by atoms with van der Waals surface area (Å²) in [6.07, 6.45) is 6.54. The van der Waals surface area contributed by atoms with Crippen LogP contribution in [0, 0.1) is 12.8 Å². The molecule has 0 fully saturated rings. The number of hydrogen-bond acceptors (Lipinski definition) is 1. The van der Waals surface area contributed by atoms with Gasteiger partial charge in [0.1, 0.15) is 0 Å². The van der Waals surface area contributed by atoms with Gasteiger partial charge in [0.05, 0.1) is 6.10 Å². The van der Waals surface area contributed by atoms with Crippen molar-refractivity contribution in [3.8, 4) is 0 Å². The van der Waals surface area contributed by atoms with E-state index in [2.05, 4.69) is 20.8 Å². The zero-order chi connectivity index (χ0) is 9.40. The van der Waals surface area contributed by atoms with Crippen molar-refractivity contribution in [3.63, 3.8) is 0 Å². The predicted molar refractivity (Wildman–Crippen MR) is 54.1 cm³/mol. The van der Waals surface area contributed by atoms with Crippen LogP contribution >= 0.6 is 0 Å². The molecule has 0 aromatic rings. The first-order chi connectivity index (χ1) is 5.70. The van der Waals surface area contributed by atoms with Gasteiger partial charge in [-0.05, 0) is 19.3 Å². The van der Waals surface area contributed by atoms with Crippen molar-refractivity contribution in [2.75, 3.05) is 7.11 Å². The van der Waals surface area contributed by atoms with Gasteiger partial charge in [0.15, 0.2) is 0 Å². The van der Waals surface area contributed by atoms with Crippen LogP contribution < -0.4 is 0 Å². The number of hydrogen-bond donors (Lipinski definition) is 0.